The first-order valence-electron chi connectivity index (χ1n) is 7.74. The molecule has 3 rings (SSSR count). The second-order valence-corrected chi connectivity index (χ2v) is 5.44. The predicted molar refractivity (Wildman–Crippen MR) is 92.4 cm³/mol. The standard InChI is InChI=1S/C20H14F3NO2/c21-20(22,23)18-12-5-4-11-17(18)19(25)24-14-7-6-10-16(13-14)26-15-8-2-1-3-9-15/h1-13H,(H,24,25). The fourth-order valence-corrected chi connectivity index (χ4v) is 2.39. The molecule has 132 valence electrons. The van der Waals surface area contributed by atoms with Crippen LogP contribution in [0.5, 0.6) is 11.5 Å². The molecule has 0 saturated carbocycles. The highest BCUT2D eigenvalue weighted by Crippen LogP contribution is 2.32. The van der Waals surface area contributed by atoms with Crippen LogP contribution in [0.4, 0.5) is 18.9 Å². The number of rotatable bonds is 4. The zero-order chi connectivity index (χ0) is 18.6. The first-order chi connectivity index (χ1) is 12.4. The van der Waals surface area contributed by atoms with Gasteiger partial charge in [0.15, 0.2) is 0 Å². The van der Waals surface area contributed by atoms with Crippen LogP contribution in [0.2, 0.25) is 0 Å². The zero-order valence-electron chi connectivity index (χ0n) is 13.5. The van der Waals surface area contributed by atoms with E-state index in [9.17, 15) is 18.0 Å². The first kappa shape index (κ1) is 17.5. The molecule has 0 saturated heterocycles. The minimum absolute atomic E-state index is 0.334. The number of benzene rings is 3. The maximum absolute atomic E-state index is 13.1. The summed E-state index contributed by atoms with van der Waals surface area (Å²) < 4.78 is 44.8. The first-order valence-corrected chi connectivity index (χ1v) is 7.74. The summed E-state index contributed by atoms with van der Waals surface area (Å²) in [6, 6.07) is 20.1. The predicted octanol–water partition coefficient (Wildman–Crippen LogP) is 5.75. The van der Waals surface area contributed by atoms with Crippen LogP contribution in [0.1, 0.15) is 15.9 Å². The summed E-state index contributed by atoms with van der Waals surface area (Å²) in [5.74, 6) is 0.228. The van der Waals surface area contributed by atoms with Crippen molar-refractivity contribution in [3.05, 3.63) is 90.0 Å². The quantitative estimate of drug-likeness (QED) is 0.646. The molecule has 0 unspecified atom stereocenters. The van der Waals surface area contributed by atoms with E-state index < -0.39 is 23.2 Å². The Hall–Kier alpha value is -3.28. The van der Waals surface area contributed by atoms with Gasteiger partial charge in [-0.2, -0.15) is 13.2 Å². The highest BCUT2D eigenvalue weighted by Gasteiger charge is 2.34. The van der Waals surface area contributed by atoms with E-state index in [0.717, 1.165) is 12.1 Å². The Morgan fingerprint density at radius 1 is 0.808 bits per heavy atom. The summed E-state index contributed by atoms with van der Waals surface area (Å²) in [7, 11) is 0. The van der Waals surface area contributed by atoms with E-state index >= 15 is 0 Å². The Bertz CT molecular complexity index is 908. The average Bonchev–Trinajstić information content (AvgIpc) is 2.62. The lowest BCUT2D eigenvalue weighted by molar-refractivity contribution is -0.137. The third kappa shape index (κ3) is 4.22. The van der Waals surface area contributed by atoms with Crippen molar-refractivity contribution in [1.29, 1.82) is 0 Å². The summed E-state index contributed by atoms with van der Waals surface area (Å²) >= 11 is 0. The molecular formula is C20H14F3NO2. The molecule has 0 radical (unpaired) electrons. The second kappa shape index (κ2) is 7.31. The molecule has 0 bridgehead atoms. The fraction of sp³-hybridized carbons (Fsp3) is 0.0500. The molecular weight excluding hydrogens is 343 g/mol. The Labute approximate surface area is 148 Å². The van der Waals surface area contributed by atoms with Gasteiger partial charge in [0.1, 0.15) is 11.5 Å². The molecule has 0 aliphatic heterocycles. The van der Waals surface area contributed by atoms with E-state index in [1.807, 2.05) is 18.2 Å². The number of alkyl halides is 3. The van der Waals surface area contributed by atoms with Gasteiger partial charge in [0.25, 0.3) is 5.91 Å². The van der Waals surface area contributed by atoms with Crippen molar-refractivity contribution in [2.24, 2.45) is 0 Å². The maximum Gasteiger partial charge on any atom is 0.417 e. The maximum atomic E-state index is 13.1. The molecule has 6 heteroatoms. The van der Waals surface area contributed by atoms with E-state index in [2.05, 4.69) is 5.32 Å². The molecule has 0 fully saturated rings. The van der Waals surface area contributed by atoms with Gasteiger partial charge in [-0.15, -0.1) is 0 Å². The molecule has 3 aromatic carbocycles. The van der Waals surface area contributed by atoms with Crippen molar-refractivity contribution in [2.75, 3.05) is 5.32 Å². The van der Waals surface area contributed by atoms with E-state index in [0.29, 0.717) is 17.2 Å². The van der Waals surface area contributed by atoms with E-state index in [1.54, 1.807) is 36.4 Å². The van der Waals surface area contributed by atoms with Gasteiger partial charge >= 0.3 is 6.18 Å². The van der Waals surface area contributed by atoms with Gasteiger partial charge in [0.05, 0.1) is 11.1 Å². The summed E-state index contributed by atoms with van der Waals surface area (Å²) in [5, 5.41) is 2.48. The summed E-state index contributed by atoms with van der Waals surface area (Å²) in [6.07, 6.45) is -4.60. The molecule has 1 amide bonds. The number of para-hydroxylation sites is 1. The highest BCUT2D eigenvalue weighted by molar-refractivity contribution is 6.05. The van der Waals surface area contributed by atoms with Gasteiger partial charge in [-0.25, -0.2) is 0 Å². The number of halogens is 3. The van der Waals surface area contributed by atoms with Crippen LogP contribution >= 0.6 is 0 Å². The molecule has 26 heavy (non-hydrogen) atoms. The van der Waals surface area contributed by atoms with Crippen LogP contribution in [0.25, 0.3) is 0 Å². The molecule has 3 nitrogen and oxygen atoms in total. The van der Waals surface area contributed by atoms with E-state index in [-0.39, 0.29) is 0 Å². The average molecular weight is 357 g/mol. The van der Waals surface area contributed by atoms with Gasteiger partial charge < -0.3 is 10.1 Å². The second-order valence-electron chi connectivity index (χ2n) is 5.44. The third-order valence-electron chi connectivity index (χ3n) is 3.55. The molecule has 0 atom stereocenters. The number of nitrogens with one attached hydrogen (secondary N) is 1. The molecule has 0 heterocycles. The molecule has 0 aromatic heterocycles. The van der Waals surface area contributed by atoms with Gasteiger partial charge in [-0.3, -0.25) is 4.79 Å². The smallest absolute Gasteiger partial charge is 0.417 e. The number of ether oxygens (including phenoxy) is 1. The highest BCUT2D eigenvalue weighted by atomic mass is 19.4. The minimum atomic E-state index is -4.60. The Balaban J connectivity index is 1.80. The summed E-state index contributed by atoms with van der Waals surface area (Å²) in [5.41, 5.74) is -1.08. The Morgan fingerprint density at radius 3 is 2.19 bits per heavy atom. The number of carbonyl (C=O) groups is 1. The normalized spacial score (nSPS) is 11.0. The largest absolute Gasteiger partial charge is 0.457 e. The van der Waals surface area contributed by atoms with Crippen LogP contribution in [0.15, 0.2) is 78.9 Å². The SMILES string of the molecule is O=C(Nc1cccc(Oc2ccccc2)c1)c1ccccc1C(F)(F)F. The molecule has 0 spiro atoms. The summed E-state index contributed by atoms with van der Waals surface area (Å²) in [4.78, 5) is 12.3. The van der Waals surface area contributed by atoms with Gasteiger partial charge in [0, 0.05) is 11.8 Å². The van der Waals surface area contributed by atoms with E-state index in [4.69, 9.17) is 4.74 Å². The van der Waals surface area contributed by atoms with Crippen molar-refractivity contribution in [1.82, 2.24) is 0 Å². The topological polar surface area (TPSA) is 38.3 Å². The Morgan fingerprint density at radius 2 is 1.46 bits per heavy atom. The zero-order valence-corrected chi connectivity index (χ0v) is 13.5. The molecule has 1 N–H and O–H groups in total. The molecule has 0 aliphatic rings. The van der Waals surface area contributed by atoms with Crippen molar-refractivity contribution >= 4 is 11.6 Å². The fourth-order valence-electron chi connectivity index (χ4n) is 2.39. The van der Waals surface area contributed by atoms with Crippen molar-refractivity contribution in [3.63, 3.8) is 0 Å². The number of amides is 1. The van der Waals surface area contributed by atoms with Crippen LogP contribution in [0.3, 0.4) is 0 Å². The lowest BCUT2D eigenvalue weighted by Crippen LogP contribution is -2.18. The number of carbonyl (C=O) groups excluding carboxylic acids is 1. The number of hydrogen-bond donors (Lipinski definition) is 1. The molecule has 3 aromatic rings. The number of anilines is 1. The van der Waals surface area contributed by atoms with Gasteiger partial charge in [-0.1, -0.05) is 36.4 Å². The lowest BCUT2D eigenvalue weighted by atomic mass is 10.1. The lowest BCUT2D eigenvalue weighted by Gasteiger charge is -2.13. The van der Waals surface area contributed by atoms with Crippen molar-refractivity contribution in [2.45, 2.75) is 6.18 Å². The summed E-state index contributed by atoms with van der Waals surface area (Å²) in [6.45, 7) is 0. The van der Waals surface area contributed by atoms with E-state index in [1.165, 1.54) is 12.1 Å². The molecule has 0 aliphatic carbocycles. The van der Waals surface area contributed by atoms with Crippen LogP contribution in [0, 0.1) is 0 Å². The van der Waals surface area contributed by atoms with Crippen LogP contribution in [-0.2, 0) is 6.18 Å². The Kier molecular flexibility index (Phi) is 4.93. The van der Waals surface area contributed by atoms with Crippen LogP contribution in [-0.4, -0.2) is 5.91 Å². The van der Waals surface area contributed by atoms with Crippen LogP contribution < -0.4 is 10.1 Å². The third-order valence-corrected chi connectivity index (χ3v) is 3.55. The number of hydrogen-bond acceptors (Lipinski definition) is 2. The van der Waals surface area contributed by atoms with Crippen molar-refractivity contribution < 1.29 is 22.7 Å². The van der Waals surface area contributed by atoms with Gasteiger partial charge in [0.2, 0.25) is 0 Å². The van der Waals surface area contributed by atoms with Crippen molar-refractivity contribution in [3.8, 4) is 11.5 Å². The minimum Gasteiger partial charge on any atom is -0.457 e. The monoisotopic (exact) mass is 357 g/mol. The van der Waals surface area contributed by atoms with Gasteiger partial charge in [-0.05, 0) is 36.4 Å².